The van der Waals surface area contributed by atoms with Gasteiger partial charge >= 0.3 is 0 Å². The van der Waals surface area contributed by atoms with Gasteiger partial charge in [-0.15, -0.1) is 11.3 Å². The number of Topliss-reactive ketones (excluding diaryl/α,β-unsaturated/α-hetero) is 1. The van der Waals surface area contributed by atoms with Gasteiger partial charge < -0.3 is 5.32 Å². The number of hydrogen-bond donors (Lipinski definition) is 1. The van der Waals surface area contributed by atoms with Crippen molar-refractivity contribution in [1.29, 1.82) is 0 Å². The van der Waals surface area contributed by atoms with Crippen LogP contribution in [0.4, 0.5) is 11.4 Å². The molecule has 20 heavy (non-hydrogen) atoms. The lowest BCUT2D eigenvalue weighted by molar-refractivity contribution is -0.384. The average Bonchev–Trinajstić information content (AvgIpc) is 2.92. The van der Waals surface area contributed by atoms with Crippen molar-refractivity contribution in [1.82, 2.24) is 0 Å². The Morgan fingerprint density at radius 1 is 1.40 bits per heavy atom. The molecule has 0 bridgehead atoms. The zero-order chi connectivity index (χ0) is 14.7. The third-order valence-electron chi connectivity index (χ3n) is 2.94. The average molecular weight is 290 g/mol. The molecule has 0 saturated carbocycles. The van der Waals surface area contributed by atoms with Gasteiger partial charge in [0.2, 0.25) is 0 Å². The maximum absolute atomic E-state index is 11.3. The van der Waals surface area contributed by atoms with Crippen LogP contribution >= 0.6 is 11.3 Å². The quantitative estimate of drug-likeness (QED) is 0.512. The van der Waals surface area contributed by atoms with Crippen LogP contribution in [-0.4, -0.2) is 10.7 Å². The molecule has 5 nitrogen and oxygen atoms in total. The molecule has 1 N–H and O–H groups in total. The molecular formula is C14H14N2O3S. The SMILES string of the molecule is CC(=O)c1ccc(N[C@H](C)c2cccs2)c([N+](=O)[O-])c1. The summed E-state index contributed by atoms with van der Waals surface area (Å²) in [7, 11) is 0. The van der Waals surface area contributed by atoms with Gasteiger partial charge in [0.25, 0.3) is 5.69 Å². The Balaban J connectivity index is 2.31. The summed E-state index contributed by atoms with van der Waals surface area (Å²) in [6, 6.07) is 8.37. The first kappa shape index (κ1) is 14.2. The Morgan fingerprint density at radius 2 is 2.15 bits per heavy atom. The van der Waals surface area contributed by atoms with Crippen molar-refractivity contribution >= 4 is 28.5 Å². The van der Waals surface area contributed by atoms with E-state index in [0.29, 0.717) is 11.3 Å². The molecule has 0 radical (unpaired) electrons. The van der Waals surface area contributed by atoms with Gasteiger partial charge in [0.1, 0.15) is 5.69 Å². The predicted molar refractivity (Wildman–Crippen MR) is 79.5 cm³/mol. The van der Waals surface area contributed by atoms with Gasteiger partial charge in [-0.05, 0) is 37.4 Å². The molecule has 0 saturated heterocycles. The Morgan fingerprint density at radius 3 is 2.70 bits per heavy atom. The minimum absolute atomic E-state index is 0.0307. The summed E-state index contributed by atoms with van der Waals surface area (Å²) >= 11 is 1.59. The van der Waals surface area contributed by atoms with E-state index in [4.69, 9.17) is 0 Å². The number of nitro groups is 1. The number of thiophene rings is 1. The van der Waals surface area contributed by atoms with Crippen LogP contribution in [0.1, 0.15) is 35.1 Å². The van der Waals surface area contributed by atoms with Gasteiger partial charge in [-0.3, -0.25) is 14.9 Å². The first-order valence-corrected chi connectivity index (χ1v) is 6.96. The minimum Gasteiger partial charge on any atom is -0.372 e. The van der Waals surface area contributed by atoms with Crippen LogP contribution in [0.2, 0.25) is 0 Å². The molecule has 0 aliphatic heterocycles. The van der Waals surface area contributed by atoms with Crippen molar-refractivity contribution in [3.8, 4) is 0 Å². The molecule has 1 aromatic heterocycles. The van der Waals surface area contributed by atoms with Gasteiger partial charge in [-0.1, -0.05) is 6.07 Å². The van der Waals surface area contributed by atoms with Crippen molar-refractivity contribution in [3.05, 3.63) is 56.3 Å². The van der Waals surface area contributed by atoms with Crippen LogP contribution in [0.25, 0.3) is 0 Å². The topological polar surface area (TPSA) is 72.2 Å². The number of nitro benzene ring substituents is 1. The second kappa shape index (κ2) is 5.83. The third-order valence-corrected chi connectivity index (χ3v) is 4.00. The largest absolute Gasteiger partial charge is 0.372 e. The molecular weight excluding hydrogens is 276 g/mol. The van der Waals surface area contributed by atoms with Gasteiger partial charge in [-0.25, -0.2) is 0 Å². The number of carbonyl (C=O) groups excluding carboxylic acids is 1. The standard InChI is InChI=1S/C14H14N2O3S/c1-9(14-4-3-7-20-14)15-12-6-5-11(10(2)17)8-13(12)16(18)19/h3-9,15H,1-2H3/t9-/m1/s1. The molecule has 2 rings (SSSR count). The number of rotatable bonds is 5. The lowest BCUT2D eigenvalue weighted by atomic mass is 10.1. The highest BCUT2D eigenvalue weighted by Gasteiger charge is 2.18. The second-order valence-corrected chi connectivity index (χ2v) is 5.41. The second-order valence-electron chi connectivity index (χ2n) is 4.43. The Kier molecular flexibility index (Phi) is 4.14. The molecule has 0 spiro atoms. The normalized spacial score (nSPS) is 11.9. The van der Waals surface area contributed by atoms with E-state index in [2.05, 4.69) is 5.32 Å². The zero-order valence-electron chi connectivity index (χ0n) is 11.1. The Bertz CT molecular complexity index is 638. The van der Waals surface area contributed by atoms with E-state index >= 15 is 0 Å². The van der Waals surface area contributed by atoms with Crippen molar-refractivity contribution in [2.45, 2.75) is 19.9 Å². The van der Waals surface area contributed by atoms with Gasteiger partial charge in [0, 0.05) is 16.5 Å². The van der Waals surface area contributed by atoms with E-state index in [0.717, 1.165) is 4.88 Å². The maximum atomic E-state index is 11.3. The van der Waals surface area contributed by atoms with Crippen molar-refractivity contribution in [2.24, 2.45) is 0 Å². The van der Waals surface area contributed by atoms with Crippen molar-refractivity contribution in [2.75, 3.05) is 5.32 Å². The molecule has 6 heteroatoms. The monoisotopic (exact) mass is 290 g/mol. The van der Waals surface area contributed by atoms with Crippen LogP contribution in [0.3, 0.4) is 0 Å². The number of nitrogens with zero attached hydrogens (tertiary/aromatic N) is 1. The van der Waals surface area contributed by atoms with Crippen LogP contribution in [0, 0.1) is 10.1 Å². The van der Waals surface area contributed by atoms with Gasteiger partial charge in [0.15, 0.2) is 5.78 Å². The molecule has 1 heterocycles. The summed E-state index contributed by atoms with van der Waals surface area (Å²) in [6.07, 6.45) is 0. The highest BCUT2D eigenvalue weighted by molar-refractivity contribution is 7.10. The van der Waals surface area contributed by atoms with E-state index in [9.17, 15) is 14.9 Å². The number of anilines is 1. The first-order chi connectivity index (χ1) is 9.49. The molecule has 2 aromatic rings. The van der Waals surface area contributed by atoms with E-state index in [1.54, 1.807) is 23.5 Å². The smallest absolute Gasteiger partial charge is 0.293 e. The predicted octanol–water partition coefficient (Wildman–Crippen LogP) is 4.03. The van der Waals surface area contributed by atoms with Crippen molar-refractivity contribution in [3.63, 3.8) is 0 Å². The van der Waals surface area contributed by atoms with E-state index < -0.39 is 4.92 Å². The molecule has 0 aliphatic rings. The van der Waals surface area contributed by atoms with E-state index in [-0.39, 0.29) is 17.5 Å². The van der Waals surface area contributed by atoms with Crippen molar-refractivity contribution < 1.29 is 9.72 Å². The lowest BCUT2D eigenvalue weighted by Gasteiger charge is -2.14. The number of ketones is 1. The molecule has 0 fully saturated rings. The molecule has 0 aliphatic carbocycles. The van der Waals surface area contributed by atoms with E-state index in [1.165, 1.54) is 13.0 Å². The highest BCUT2D eigenvalue weighted by Crippen LogP contribution is 2.30. The summed E-state index contributed by atoms with van der Waals surface area (Å²) in [5.41, 5.74) is 0.674. The minimum atomic E-state index is -0.476. The van der Waals surface area contributed by atoms with Crippen LogP contribution < -0.4 is 5.32 Å². The molecule has 0 amide bonds. The number of benzene rings is 1. The third kappa shape index (κ3) is 3.03. The molecule has 0 unspecified atom stereocenters. The number of nitrogens with one attached hydrogen (secondary N) is 1. The fraction of sp³-hybridized carbons (Fsp3) is 0.214. The summed E-state index contributed by atoms with van der Waals surface area (Å²) in [5, 5.41) is 16.2. The van der Waals surface area contributed by atoms with E-state index in [1.807, 2.05) is 24.4 Å². The summed E-state index contributed by atoms with van der Waals surface area (Å²) in [6.45, 7) is 3.33. The zero-order valence-corrected chi connectivity index (χ0v) is 11.9. The van der Waals surface area contributed by atoms with Gasteiger partial charge in [0.05, 0.1) is 11.0 Å². The fourth-order valence-corrected chi connectivity index (χ4v) is 2.60. The maximum Gasteiger partial charge on any atom is 0.293 e. The van der Waals surface area contributed by atoms with Crippen LogP contribution in [-0.2, 0) is 0 Å². The number of carbonyl (C=O) groups is 1. The fourth-order valence-electron chi connectivity index (χ4n) is 1.87. The number of hydrogen-bond acceptors (Lipinski definition) is 5. The Labute approximate surface area is 120 Å². The molecule has 1 atom stereocenters. The molecule has 104 valence electrons. The summed E-state index contributed by atoms with van der Waals surface area (Å²) < 4.78 is 0. The van der Waals surface area contributed by atoms with Crippen LogP contribution in [0.5, 0.6) is 0 Å². The lowest BCUT2D eigenvalue weighted by Crippen LogP contribution is -2.07. The summed E-state index contributed by atoms with van der Waals surface area (Å²) in [5.74, 6) is -0.189. The summed E-state index contributed by atoms with van der Waals surface area (Å²) in [4.78, 5) is 23.0. The Hall–Kier alpha value is -2.21. The highest BCUT2D eigenvalue weighted by atomic mass is 32.1. The van der Waals surface area contributed by atoms with Crippen LogP contribution in [0.15, 0.2) is 35.7 Å². The van der Waals surface area contributed by atoms with Gasteiger partial charge in [-0.2, -0.15) is 0 Å². The first-order valence-electron chi connectivity index (χ1n) is 6.08. The molecule has 1 aromatic carbocycles.